The lowest BCUT2D eigenvalue weighted by atomic mass is 9.72. The van der Waals surface area contributed by atoms with E-state index in [9.17, 15) is 9.59 Å². The highest BCUT2D eigenvalue weighted by molar-refractivity contribution is 6.31. The second kappa shape index (κ2) is 11.2. The number of allylic oxidation sites excluding steroid dienone is 3. The number of nitrogens with one attached hydrogen (secondary N) is 1. The quantitative estimate of drug-likeness (QED) is 0.561. The summed E-state index contributed by atoms with van der Waals surface area (Å²) in [6, 6.07) is 4.95. The van der Waals surface area contributed by atoms with E-state index in [-0.39, 0.29) is 30.6 Å². The zero-order valence-corrected chi connectivity index (χ0v) is 23.0. The molecule has 3 aliphatic rings. The van der Waals surface area contributed by atoms with Crippen molar-refractivity contribution in [2.45, 2.75) is 52.6 Å². The summed E-state index contributed by atoms with van der Waals surface area (Å²) in [5, 5.41) is 3.50. The molecule has 3 atom stereocenters. The number of urea groups is 1. The van der Waals surface area contributed by atoms with Crippen LogP contribution in [0.15, 0.2) is 46.5 Å². The minimum atomic E-state index is -0.408. The fourth-order valence-corrected chi connectivity index (χ4v) is 5.53. The molecule has 0 saturated carbocycles. The highest BCUT2D eigenvalue weighted by atomic mass is 35.5. The van der Waals surface area contributed by atoms with Gasteiger partial charge in [0, 0.05) is 29.6 Å². The van der Waals surface area contributed by atoms with Crippen LogP contribution >= 0.6 is 11.6 Å². The number of amidine groups is 1. The maximum Gasteiger partial charge on any atom is 0.326 e. The second-order valence-corrected chi connectivity index (χ2v) is 10.9. The molecule has 2 aliphatic heterocycles. The third kappa shape index (κ3) is 5.64. The molecule has 37 heavy (non-hydrogen) atoms. The Morgan fingerprint density at radius 2 is 2.14 bits per heavy atom. The maximum atomic E-state index is 14.3. The van der Waals surface area contributed by atoms with Crippen LogP contribution in [0.4, 0.5) is 4.79 Å². The van der Waals surface area contributed by atoms with Crippen molar-refractivity contribution in [1.29, 1.82) is 0 Å². The van der Waals surface area contributed by atoms with Gasteiger partial charge < -0.3 is 19.7 Å². The molecule has 1 aliphatic carbocycles. The van der Waals surface area contributed by atoms with Crippen molar-refractivity contribution >= 4 is 29.4 Å². The lowest BCUT2D eigenvalue weighted by molar-refractivity contribution is -0.123. The number of benzene rings is 1. The van der Waals surface area contributed by atoms with Gasteiger partial charge in [-0.05, 0) is 43.9 Å². The molecule has 0 radical (unpaired) electrons. The van der Waals surface area contributed by atoms with E-state index in [0.717, 1.165) is 12.0 Å². The molecule has 0 spiro atoms. The van der Waals surface area contributed by atoms with E-state index < -0.39 is 5.41 Å². The smallest absolute Gasteiger partial charge is 0.326 e. The summed E-state index contributed by atoms with van der Waals surface area (Å²) in [4.78, 5) is 35.1. The summed E-state index contributed by atoms with van der Waals surface area (Å²) in [6.45, 7) is 9.74. The van der Waals surface area contributed by atoms with Crippen LogP contribution < -0.4 is 14.8 Å². The highest BCUT2D eigenvalue weighted by Crippen LogP contribution is 2.44. The predicted octanol–water partition coefficient (Wildman–Crippen LogP) is 4.58. The van der Waals surface area contributed by atoms with Crippen LogP contribution in [0.25, 0.3) is 0 Å². The van der Waals surface area contributed by atoms with Gasteiger partial charge in [-0.1, -0.05) is 44.5 Å². The van der Waals surface area contributed by atoms with Gasteiger partial charge in [0.15, 0.2) is 0 Å². The zero-order chi connectivity index (χ0) is 26.7. The second-order valence-electron chi connectivity index (χ2n) is 10.4. The van der Waals surface area contributed by atoms with Gasteiger partial charge >= 0.3 is 6.03 Å². The largest absolute Gasteiger partial charge is 0.497 e. The lowest BCUT2D eigenvalue weighted by Gasteiger charge is -2.44. The number of nitrogens with zero attached hydrogens (tertiary/aromatic N) is 3. The van der Waals surface area contributed by atoms with Crippen molar-refractivity contribution in [2.75, 3.05) is 33.4 Å². The fourth-order valence-electron chi connectivity index (χ4n) is 5.39. The predicted molar refractivity (Wildman–Crippen MR) is 145 cm³/mol. The highest BCUT2D eigenvalue weighted by Gasteiger charge is 2.51. The molecular weight excluding hydrogens is 492 g/mol. The summed E-state index contributed by atoms with van der Waals surface area (Å²) >= 11 is 6.30. The number of rotatable bonds is 7. The van der Waals surface area contributed by atoms with Crippen molar-refractivity contribution in [3.05, 3.63) is 47.0 Å². The minimum absolute atomic E-state index is 0.0173. The Morgan fingerprint density at radius 3 is 2.76 bits per heavy atom. The number of halogens is 1. The summed E-state index contributed by atoms with van der Waals surface area (Å²) < 4.78 is 11.4. The molecular formula is C28H37ClN4O4. The molecule has 0 aromatic heterocycles. The van der Waals surface area contributed by atoms with E-state index in [0.29, 0.717) is 54.4 Å². The Labute approximate surface area is 224 Å². The molecule has 2 heterocycles. The molecule has 9 heteroatoms. The molecule has 200 valence electrons. The Hall–Kier alpha value is -3.00. The normalized spacial score (nSPS) is 25.6. The van der Waals surface area contributed by atoms with Gasteiger partial charge in [-0.15, -0.1) is 0 Å². The number of carbonyl (C=O) groups is 2. The fraction of sp³-hybridized carbons (Fsp3) is 0.536. The molecule has 8 nitrogen and oxygen atoms in total. The summed E-state index contributed by atoms with van der Waals surface area (Å²) in [7, 11) is 1.61. The van der Waals surface area contributed by atoms with Crippen LogP contribution in [0.3, 0.4) is 0 Å². The van der Waals surface area contributed by atoms with Crippen LogP contribution in [0.2, 0.25) is 0 Å². The van der Waals surface area contributed by atoms with E-state index in [2.05, 4.69) is 32.2 Å². The minimum Gasteiger partial charge on any atom is -0.497 e. The molecule has 1 aromatic rings. The van der Waals surface area contributed by atoms with Crippen molar-refractivity contribution in [3.63, 3.8) is 0 Å². The third-order valence-corrected chi connectivity index (χ3v) is 7.43. The van der Waals surface area contributed by atoms with Crippen molar-refractivity contribution in [1.82, 2.24) is 15.1 Å². The molecule has 0 bridgehead atoms. The first kappa shape index (κ1) is 27.0. The van der Waals surface area contributed by atoms with Crippen LogP contribution in [0, 0.1) is 11.3 Å². The standard InChI is InChI=1S/C28H37ClN4O4/c1-6-37-23-16-20(36-5)7-8-21(23)26-31-22(15-18(2)3)25(28(4)11-9-19(29)10-12-28)33(26)27(35)32-14-13-30-24(34)17-32/h7-11,16,18,22,25H,6,12-15,17H2,1-5H3,(H,30,34)/t22-,25-,28?/m1/s1. The van der Waals surface area contributed by atoms with Gasteiger partial charge in [0.1, 0.15) is 23.9 Å². The number of aliphatic imine (C=N–C) groups is 1. The number of piperazine rings is 1. The monoisotopic (exact) mass is 528 g/mol. The summed E-state index contributed by atoms with van der Waals surface area (Å²) in [5.41, 5.74) is 0.320. The maximum absolute atomic E-state index is 14.3. The van der Waals surface area contributed by atoms with Crippen LogP contribution in [-0.2, 0) is 4.79 Å². The Bertz CT molecular complexity index is 1130. The van der Waals surface area contributed by atoms with Crippen molar-refractivity contribution in [3.8, 4) is 11.5 Å². The van der Waals surface area contributed by atoms with Gasteiger partial charge in [0.25, 0.3) is 0 Å². The van der Waals surface area contributed by atoms with E-state index in [1.165, 1.54) is 0 Å². The Balaban J connectivity index is 1.86. The molecule has 1 saturated heterocycles. The SMILES string of the molecule is CCOc1cc(OC)ccc1C1=N[C@H](CC(C)C)[C@H](C2(C)C=CC(Cl)=CC2)N1C(=O)N1CCNC(=O)C1. The number of hydrogen-bond acceptors (Lipinski definition) is 5. The Morgan fingerprint density at radius 1 is 1.35 bits per heavy atom. The van der Waals surface area contributed by atoms with E-state index in [1.807, 2.05) is 42.2 Å². The molecule has 1 N–H and O–H groups in total. The number of ether oxygens (including phenoxy) is 2. The molecule has 1 fully saturated rings. The zero-order valence-electron chi connectivity index (χ0n) is 22.3. The molecule has 1 aromatic carbocycles. The molecule has 3 amide bonds. The van der Waals surface area contributed by atoms with Crippen LogP contribution in [0.1, 0.15) is 46.1 Å². The van der Waals surface area contributed by atoms with Crippen LogP contribution in [0.5, 0.6) is 11.5 Å². The van der Waals surface area contributed by atoms with Gasteiger partial charge in [-0.2, -0.15) is 0 Å². The van der Waals surface area contributed by atoms with E-state index in [1.54, 1.807) is 12.0 Å². The van der Waals surface area contributed by atoms with Gasteiger partial charge in [-0.3, -0.25) is 14.7 Å². The summed E-state index contributed by atoms with van der Waals surface area (Å²) in [6.07, 6.45) is 7.49. The average Bonchev–Trinajstić information content (AvgIpc) is 3.24. The first-order valence-electron chi connectivity index (χ1n) is 13.0. The summed E-state index contributed by atoms with van der Waals surface area (Å²) in [5.74, 6) is 2.03. The van der Waals surface area contributed by atoms with Crippen molar-refractivity contribution in [2.24, 2.45) is 16.3 Å². The number of amides is 3. The lowest BCUT2D eigenvalue weighted by Crippen LogP contribution is -2.60. The molecule has 4 rings (SSSR count). The molecule has 1 unspecified atom stereocenters. The third-order valence-electron chi connectivity index (χ3n) is 7.15. The first-order chi connectivity index (χ1) is 17.7. The van der Waals surface area contributed by atoms with E-state index >= 15 is 0 Å². The van der Waals surface area contributed by atoms with Gasteiger partial charge in [-0.25, -0.2) is 4.79 Å². The number of methoxy groups -OCH3 is 1. The Kier molecular flexibility index (Phi) is 8.17. The first-order valence-corrected chi connectivity index (χ1v) is 13.3. The van der Waals surface area contributed by atoms with Crippen LogP contribution in [-0.4, -0.2) is 73.0 Å². The average molecular weight is 529 g/mol. The number of hydrogen-bond donors (Lipinski definition) is 1. The topological polar surface area (TPSA) is 83.5 Å². The van der Waals surface area contributed by atoms with E-state index in [4.69, 9.17) is 26.1 Å². The van der Waals surface area contributed by atoms with Crippen molar-refractivity contribution < 1.29 is 19.1 Å². The van der Waals surface area contributed by atoms with Gasteiger partial charge in [0.2, 0.25) is 5.91 Å². The number of carbonyl (C=O) groups excluding carboxylic acids is 2. The van der Waals surface area contributed by atoms with Gasteiger partial charge in [0.05, 0.1) is 31.4 Å².